The number of hydrogen-bond acceptors (Lipinski definition) is 5. The minimum absolute atomic E-state index is 0.0295. The Balaban J connectivity index is 5.45. The highest BCUT2D eigenvalue weighted by molar-refractivity contribution is 6.00. The summed E-state index contributed by atoms with van der Waals surface area (Å²) in [5, 5.41) is 8.66. The van der Waals surface area contributed by atoms with Crippen molar-refractivity contribution in [3.8, 4) is 12.3 Å². The SMILES string of the molecule is C#CCC(C/C(C)=C/CCC(=O)O)(C(=O)OCC)C(=O)OCC. The van der Waals surface area contributed by atoms with Gasteiger partial charge < -0.3 is 14.6 Å². The Hall–Kier alpha value is -2.29. The molecular weight excluding hydrogens is 300 g/mol. The fourth-order valence-corrected chi connectivity index (χ4v) is 2.14. The van der Waals surface area contributed by atoms with Gasteiger partial charge in [0.05, 0.1) is 13.2 Å². The summed E-state index contributed by atoms with van der Waals surface area (Å²) in [5.41, 5.74) is -0.910. The topological polar surface area (TPSA) is 89.9 Å². The summed E-state index contributed by atoms with van der Waals surface area (Å²) >= 11 is 0. The summed E-state index contributed by atoms with van der Waals surface area (Å²) < 4.78 is 10.0. The Labute approximate surface area is 136 Å². The number of esters is 2. The molecule has 0 atom stereocenters. The van der Waals surface area contributed by atoms with Crippen molar-refractivity contribution in [2.75, 3.05) is 13.2 Å². The van der Waals surface area contributed by atoms with Crippen LogP contribution < -0.4 is 0 Å². The van der Waals surface area contributed by atoms with Gasteiger partial charge in [-0.3, -0.25) is 14.4 Å². The van der Waals surface area contributed by atoms with Crippen LogP contribution >= 0.6 is 0 Å². The minimum atomic E-state index is -1.59. The summed E-state index contributed by atoms with van der Waals surface area (Å²) in [5.74, 6) is -0.0130. The van der Waals surface area contributed by atoms with Gasteiger partial charge in [-0.15, -0.1) is 12.3 Å². The summed E-state index contributed by atoms with van der Waals surface area (Å²) in [6.45, 7) is 5.22. The summed E-state index contributed by atoms with van der Waals surface area (Å²) in [4.78, 5) is 35.2. The molecule has 0 aliphatic carbocycles. The molecule has 0 saturated carbocycles. The number of aliphatic carboxylic acids is 1. The van der Waals surface area contributed by atoms with Gasteiger partial charge in [0, 0.05) is 12.8 Å². The molecule has 0 saturated heterocycles. The lowest BCUT2D eigenvalue weighted by Gasteiger charge is -2.27. The molecule has 6 heteroatoms. The lowest BCUT2D eigenvalue weighted by Crippen LogP contribution is -2.42. The molecule has 0 aromatic carbocycles. The monoisotopic (exact) mass is 324 g/mol. The molecule has 0 aromatic heterocycles. The molecule has 0 heterocycles. The molecule has 0 spiro atoms. The Bertz CT molecular complexity index is 480. The third-order valence-electron chi connectivity index (χ3n) is 3.17. The van der Waals surface area contributed by atoms with Crippen molar-refractivity contribution < 1.29 is 29.0 Å². The number of carbonyl (C=O) groups is 3. The first-order valence-corrected chi connectivity index (χ1v) is 7.49. The highest BCUT2D eigenvalue weighted by Crippen LogP contribution is 2.34. The molecule has 6 nitrogen and oxygen atoms in total. The molecule has 0 amide bonds. The predicted molar refractivity (Wildman–Crippen MR) is 84.4 cm³/mol. The Kier molecular flexibility index (Phi) is 9.40. The molecule has 128 valence electrons. The normalized spacial score (nSPS) is 11.5. The lowest BCUT2D eigenvalue weighted by molar-refractivity contribution is -0.171. The zero-order valence-corrected chi connectivity index (χ0v) is 13.9. The molecule has 1 N–H and O–H groups in total. The van der Waals surface area contributed by atoms with E-state index in [1.54, 1.807) is 26.8 Å². The van der Waals surface area contributed by atoms with Gasteiger partial charge in [-0.1, -0.05) is 11.6 Å². The van der Waals surface area contributed by atoms with E-state index >= 15 is 0 Å². The van der Waals surface area contributed by atoms with E-state index in [0.29, 0.717) is 12.0 Å². The maximum absolute atomic E-state index is 12.3. The van der Waals surface area contributed by atoms with E-state index in [-0.39, 0.29) is 32.5 Å². The first kappa shape index (κ1) is 20.7. The van der Waals surface area contributed by atoms with E-state index in [0.717, 1.165) is 0 Å². The third-order valence-corrected chi connectivity index (χ3v) is 3.17. The molecular formula is C17H24O6. The van der Waals surface area contributed by atoms with Crippen molar-refractivity contribution in [1.29, 1.82) is 0 Å². The number of carbonyl (C=O) groups excluding carboxylic acids is 2. The second-order valence-corrected chi connectivity index (χ2v) is 5.06. The largest absolute Gasteiger partial charge is 0.481 e. The summed E-state index contributed by atoms with van der Waals surface area (Å²) in [7, 11) is 0. The molecule has 0 fully saturated rings. The average molecular weight is 324 g/mol. The van der Waals surface area contributed by atoms with Crippen molar-refractivity contribution in [1.82, 2.24) is 0 Å². The Morgan fingerprint density at radius 1 is 1.17 bits per heavy atom. The first-order chi connectivity index (χ1) is 10.8. The number of terminal acetylenes is 1. The van der Waals surface area contributed by atoms with Crippen LogP contribution in [-0.4, -0.2) is 36.2 Å². The first-order valence-electron chi connectivity index (χ1n) is 7.49. The van der Waals surface area contributed by atoms with Gasteiger partial charge in [-0.05, 0) is 33.6 Å². The molecule has 0 unspecified atom stereocenters. The fraction of sp³-hybridized carbons (Fsp3) is 0.588. The van der Waals surface area contributed by atoms with E-state index < -0.39 is 23.3 Å². The lowest BCUT2D eigenvalue weighted by atomic mass is 9.78. The van der Waals surface area contributed by atoms with Gasteiger partial charge >= 0.3 is 17.9 Å². The number of rotatable bonds is 10. The van der Waals surface area contributed by atoms with Crippen LogP contribution in [0.25, 0.3) is 0 Å². The van der Waals surface area contributed by atoms with Gasteiger partial charge in [0.15, 0.2) is 5.41 Å². The number of ether oxygens (including phenoxy) is 2. The Morgan fingerprint density at radius 2 is 1.70 bits per heavy atom. The highest BCUT2D eigenvalue weighted by atomic mass is 16.6. The van der Waals surface area contributed by atoms with Crippen molar-refractivity contribution in [2.45, 2.75) is 46.5 Å². The van der Waals surface area contributed by atoms with Crippen LogP contribution in [0.2, 0.25) is 0 Å². The second kappa shape index (κ2) is 10.4. The van der Waals surface area contributed by atoms with Crippen molar-refractivity contribution in [2.24, 2.45) is 5.41 Å². The van der Waals surface area contributed by atoms with Crippen LogP contribution in [0.15, 0.2) is 11.6 Å². The predicted octanol–water partition coefficient (Wildman–Crippen LogP) is 2.32. The quantitative estimate of drug-likeness (QED) is 0.287. The molecule has 0 bridgehead atoms. The van der Waals surface area contributed by atoms with Crippen LogP contribution in [0.3, 0.4) is 0 Å². The van der Waals surface area contributed by atoms with Crippen LogP contribution in [0.1, 0.15) is 46.5 Å². The smallest absolute Gasteiger partial charge is 0.324 e. The van der Waals surface area contributed by atoms with Gasteiger partial charge in [0.25, 0.3) is 0 Å². The van der Waals surface area contributed by atoms with Gasteiger partial charge in [0.1, 0.15) is 0 Å². The molecule has 0 radical (unpaired) electrons. The van der Waals surface area contributed by atoms with Crippen LogP contribution in [0.4, 0.5) is 0 Å². The van der Waals surface area contributed by atoms with E-state index in [4.69, 9.17) is 21.0 Å². The van der Waals surface area contributed by atoms with Crippen molar-refractivity contribution in [3.63, 3.8) is 0 Å². The van der Waals surface area contributed by atoms with E-state index in [1.165, 1.54) is 0 Å². The zero-order valence-electron chi connectivity index (χ0n) is 13.9. The number of carboxylic acid groups (broad SMARTS) is 1. The number of hydrogen-bond donors (Lipinski definition) is 1. The minimum Gasteiger partial charge on any atom is -0.481 e. The molecule has 0 aliphatic rings. The van der Waals surface area contributed by atoms with Gasteiger partial charge in [-0.2, -0.15) is 0 Å². The Morgan fingerprint density at radius 3 is 2.09 bits per heavy atom. The van der Waals surface area contributed by atoms with Crippen molar-refractivity contribution in [3.05, 3.63) is 11.6 Å². The average Bonchev–Trinajstić information content (AvgIpc) is 2.46. The molecule has 0 aromatic rings. The van der Waals surface area contributed by atoms with Crippen molar-refractivity contribution >= 4 is 17.9 Å². The highest BCUT2D eigenvalue weighted by Gasteiger charge is 2.48. The van der Waals surface area contributed by atoms with Crippen LogP contribution in [0, 0.1) is 17.8 Å². The number of carboxylic acids is 1. The van der Waals surface area contributed by atoms with Gasteiger partial charge in [-0.25, -0.2) is 0 Å². The van der Waals surface area contributed by atoms with E-state index in [9.17, 15) is 14.4 Å². The second-order valence-electron chi connectivity index (χ2n) is 5.06. The maximum atomic E-state index is 12.3. The molecule has 0 rings (SSSR count). The maximum Gasteiger partial charge on any atom is 0.324 e. The van der Waals surface area contributed by atoms with E-state index in [2.05, 4.69) is 5.92 Å². The summed E-state index contributed by atoms with van der Waals surface area (Å²) in [6, 6.07) is 0. The summed E-state index contributed by atoms with van der Waals surface area (Å²) in [6.07, 6.45) is 7.18. The third kappa shape index (κ3) is 6.55. The number of allylic oxidation sites excluding steroid dienone is 2. The molecule has 23 heavy (non-hydrogen) atoms. The van der Waals surface area contributed by atoms with Crippen LogP contribution in [-0.2, 0) is 23.9 Å². The van der Waals surface area contributed by atoms with Gasteiger partial charge in [0.2, 0.25) is 0 Å². The van der Waals surface area contributed by atoms with E-state index in [1.807, 2.05) is 0 Å². The zero-order chi connectivity index (χ0) is 17.9. The van der Waals surface area contributed by atoms with Crippen LogP contribution in [0.5, 0.6) is 0 Å². The molecule has 0 aliphatic heterocycles. The standard InChI is InChI=1S/C17H24O6/c1-5-11-17(15(20)22-6-2,16(21)23-7-3)12-13(4)9-8-10-14(18)19/h1,9H,6-8,10-12H2,2-4H3,(H,18,19)/b13-9+. The fourth-order valence-electron chi connectivity index (χ4n) is 2.14.